The maximum absolute atomic E-state index is 13.1. The molecule has 3 aromatic carbocycles. The van der Waals surface area contributed by atoms with Crippen LogP contribution in [0.25, 0.3) is 0 Å². The number of para-hydroxylation sites is 1. The lowest BCUT2D eigenvalue weighted by Crippen LogP contribution is -2.30. The minimum atomic E-state index is -0.848. The Morgan fingerprint density at radius 1 is 0.861 bits per heavy atom. The number of ether oxygens (including phenoxy) is 2. The van der Waals surface area contributed by atoms with Gasteiger partial charge in [0.15, 0.2) is 6.61 Å². The summed E-state index contributed by atoms with van der Waals surface area (Å²) >= 11 is 0. The van der Waals surface area contributed by atoms with Gasteiger partial charge < -0.3 is 14.8 Å². The number of hydrogen-bond acceptors (Lipinski definition) is 7. The van der Waals surface area contributed by atoms with Gasteiger partial charge in [0.1, 0.15) is 0 Å². The summed E-state index contributed by atoms with van der Waals surface area (Å²) in [7, 11) is 1.22. The Balaban J connectivity index is 1.46. The van der Waals surface area contributed by atoms with Gasteiger partial charge in [0, 0.05) is 0 Å². The third-order valence-corrected chi connectivity index (χ3v) is 5.67. The molecule has 0 atom stereocenters. The predicted octanol–water partition coefficient (Wildman–Crippen LogP) is 3.69. The van der Waals surface area contributed by atoms with Gasteiger partial charge in [-0.05, 0) is 61.4 Å². The number of anilines is 2. The molecule has 1 N–H and O–H groups in total. The molecular weight excluding hydrogens is 464 g/mol. The third kappa shape index (κ3) is 4.58. The van der Waals surface area contributed by atoms with E-state index in [1.807, 2.05) is 19.1 Å². The summed E-state index contributed by atoms with van der Waals surface area (Å²) in [4.78, 5) is 63.8. The molecule has 9 nitrogen and oxygen atoms in total. The van der Waals surface area contributed by atoms with Crippen molar-refractivity contribution < 1.29 is 33.4 Å². The molecule has 36 heavy (non-hydrogen) atoms. The van der Waals surface area contributed by atoms with Crippen LogP contribution in [0.3, 0.4) is 0 Å². The van der Waals surface area contributed by atoms with E-state index in [2.05, 4.69) is 10.1 Å². The van der Waals surface area contributed by atoms with Crippen LogP contribution in [-0.4, -0.2) is 43.4 Å². The Labute approximate surface area is 206 Å². The third-order valence-electron chi connectivity index (χ3n) is 5.67. The lowest BCUT2D eigenvalue weighted by molar-refractivity contribution is -0.119. The van der Waals surface area contributed by atoms with E-state index in [0.29, 0.717) is 5.69 Å². The molecule has 9 heteroatoms. The van der Waals surface area contributed by atoms with Gasteiger partial charge in [0.05, 0.1) is 40.7 Å². The zero-order valence-corrected chi connectivity index (χ0v) is 19.8. The predicted molar refractivity (Wildman–Crippen MR) is 130 cm³/mol. The largest absolute Gasteiger partial charge is 0.465 e. The van der Waals surface area contributed by atoms with Crippen molar-refractivity contribution in [3.8, 4) is 0 Å². The highest BCUT2D eigenvalue weighted by Gasteiger charge is 2.38. The molecule has 1 heterocycles. The number of benzene rings is 3. The summed E-state index contributed by atoms with van der Waals surface area (Å²) in [6, 6.07) is 15.7. The van der Waals surface area contributed by atoms with Crippen molar-refractivity contribution in [1.29, 1.82) is 0 Å². The number of methoxy groups -OCH3 is 1. The number of rotatable bonds is 6. The molecule has 0 radical (unpaired) electrons. The van der Waals surface area contributed by atoms with Crippen molar-refractivity contribution in [1.82, 2.24) is 0 Å². The molecule has 1 aliphatic rings. The summed E-state index contributed by atoms with van der Waals surface area (Å²) in [6.45, 7) is 3.03. The molecule has 3 aromatic rings. The van der Waals surface area contributed by atoms with E-state index >= 15 is 0 Å². The fraction of sp³-hybridized carbons (Fsp3) is 0.148. The fourth-order valence-corrected chi connectivity index (χ4v) is 3.83. The van der Waals surface area contributed by atoms with Gasteiger partial charge in [0.2, 0.25) is 0 Å². The average molecular weight is 486 g/mol. The average Bonchev–Trinajstić information content (AvgIpc) is 3.13. The Hall–Kier alpha value is -4.79. The Bertz CT molecular complexity index is 1430. The van der Waals surface area contributed by atoms with Crippen molar-refractivity contribution in [2.75, 3.05) is 23.9 Å². The summed E-state index contributed by atoms with van der Waals surface area (Å²) < 4.78 is 9.76. The quantitative estimate of drug-likeness (QED) is 0.417. The number of amides is 3. The van der Waals surface area contributed by atoms with E-state index in [4.69, 9.17) is 4.74 Å². The first-order chi connectivity index (χ1) is 17.2. The topological polar surface area (TPSA) is 119 Å². The SMILES string of the molecule is COC(=O)c1ccccc1NC(=O)COC(=O)c1ccc2c(c1)C(=O)N(c1cc(C)ccc1C)C2=O. The maximum atomic E-state index is 13.1. The van der Waals surface area contributed by atoms with Crippen LogP contribution < -0.4 is 10.2 Å². The zero-order valence-electron chi connectivity index (χ0n) is 19.8. The van der Waals surface area contributed by atoms with Gasteiger partial charge in [-0.25, -0.2) is 14.5 Å². The van der Waals surface area contributed by atoms with Gasteiger partial charge in [0.25, 0.3) is 17.7 Å². The molecule has 0 saturated heterocycles. The lowest BCUT2D eigenvalue weighted by Gasteiger charge is -2.17. The smallest absolute Gasteiger partial charge is 0.339 e. The highest BCUT2D eigenvalue weighted by atomic mass is 16.5. The maximum Gasteiger partial charge on any atom is 0.339 e. The number of aryl methyl sites for hydroxylation is 2. The minimum absolute atomic E-state index is 0.0143. The van der Waals surface area contributed by atoms with Crippen molar-refractivity contribution in [2.24, 2.45) is 0 Å². The minimum Gasteiger partial charge on any atom is -0.465 e. The Morgan fingerprint density at radius 2 is 1.58 bits per heavy atom. The Morgan fingerprint density at radius 3 is 2.33 bits per heavy atom. The highest BCUT2D eigenvalue weighted by molar-refractivity contribution is 6.35. The second kappa shape index (κ2) is 9.83. The first-order valence-electron chi connectivity index (χ1n) is 11.0. The van der Waals surface area contributed by atoms with Crippen molar-refractivity contribution in [2.45, 2.75) is 13.8 Å². The van der Waals surface area contributed by atoms with Crippen molar-refractivity contribution in [3.05, 3.63) is 94.0 Å². The number of esters is 2. The molecule has 4 rings (SSSR count). The lowest BCUT2D eigenvalue weighted by atomic mass is 10.1. The molecule has 0 bridgehead atoms. The van der Waals surface area contributed by atoms with Crippen LogP contribution in [-0.2, 0) is 14.3 Å². The van der Waals surface area contributed by atoms with Crippen LogP contribution in [0.1, 0.15) is 52.6 Å². The number of fused-ring (bicyclic) bond motifs is 1. The van der Waals surface area contributed by atoms with Crippen LogP contribution in [0, 0.1) is 13.8 Å². The van der Waals surface area contributed by atoms with Crippen LogP contribution in [0.5, 0.6) is 0 Å². The standard InChI is InChI=1S/C27H22N2O7/c1-15-8-9-16(2)22(12-15)29-24(31)18-11-10-17(13-20(18)25(29)32)26(33)36-14-23(30)28-21-7-5-4-6-19(21)27(34)35-3/h4-13H,14H2,1-3H3,(H,28,30). The van der Waals surface area contributed by atoms with Gasteiger partial charge in [-0.3, -0.25) is 14.4 Å². The van der Waals surface area contributed by atoms with Crippen LogP contribution in [0.4, 0.5) is 11.4 Å². The van der Waals surface area contributed by atoms with Crippen LogP contribution >= 0.6 is 0 Å². The molecule has 0 aromatic heterocycles. The van der Waals surface area contributed by atoms with E-state index in [1.165, 1.54) is 37.4 Å². The van der Waals surface area contributed by atoms with Gasteiger partial charge >= 0.3 is 11.9 Å². The summed E-state index contributed by atoms with van der Waals surface area (Å²) in [5, 5.41) is 2.50. The first-order valence-corrected chi connectivity index (χ1v) is 11.0. The fourth-order valence-electron chi connectivity index (χ4n) is 3.83. The van der Waals surface area contributed by atoms with Gasteiger partial charge in [-0.1, -0.05) is 24.3 Å². The monoisotopic (exact) mass is 486 g/mol. The molecule has 0 fully saturated rings. The van der Waals surface area contributed by atoms with E-state index in [0.717, 1.165) is 16.0 Å². The molecule has 0 unspecified atom stereocenters. The van der Waals surface area contributed by atoms with Crippen molar-refractivity contribution >= 4 is 41.0 Å². The van der Waals surface area contributed by atoms with Crippen molar-refractivity contribution in [3.63, 3.8) is 0 Å². The zero-order chi connectivity index (χ0) is 26.0. The summed E-state index contributed by atoms with van der Waals surface area (Å²) in [5.74, 6) is -3.18. The number of carbonyl (C=O) groups excluding carboxylic acids is 5. The molecule has 0 saturated carbocycles. The highest BCUT2D eigenvalue weighted by Crippen LogP contribution is 2.32. The number of carbonyl (C=O) groups is 5. The number of nitrogens with one attached hydrogen (secondary N) is 1. The number of imide groups is 1. The first kappa shape index (κ1) is 24.3. The molecule has 1 aliphatic heterocycles. The van der Waals surface area contributed by atoms with Gasteiger partial charge in [-0.15, -0.1) is 0 Å². The van der Waals surface area contributed by atoms with E-state index in [-0.39, 0.29) is 27.9 Å². The Kier molecular flexibility index (Phi) is 6.64. The molecular formula is C27H22N2O7. The van der Waals surface area contributed by atoms with Crippen LogP contribution in [0.15, 0.2) is 60.7 Å². The van der Waals surface area contributed by atoms with E-state index < -0.39 is 36.3 Å². The second-order valence-electron chi connectivity index (χ2n) is 8.16. The van der Waals surface area contributed by atoms with Gasteiger partial charge in [-0.2, -0.15) is 0 Å². The van der Waals surface area contributed by atoms with E-state index in [1.54, 1.807) is 25.1 Å². The number of nitrogens with zero attached hydrogens (tertiary/aromatic N) is 1. The number of hydrogen-bond donors (Lipinski definition) is 1. The second-order valence-corrected chi connectivity index (χ2v) is 8.16. The summed E-state index contributed by atoms with van der Waals surface area (Å²) in [6.07, 6.45) is 0. The van der Waals surface area contributed by atoms with Crippen LogP contribution in [0.2, 0.25) is 0 Å². The molecule has 0 spiro atoms. The molecule has 0 aliphatic carbocycles. The normalized spacial score (nSPS) is 12.2. The summed E-state index contributed by atoms with van der Waals surface area (Å²) in [5.41, 5.74) is 2.75. The van der Waals surface area contributed by atoms with E-state index in [9.17, 15) is 24.0 Å². The molecule has 3 amide bonds. The molecule has 182 valence electrons.